The number of carbonyl (C=O) groups is 3. The van der Waals surface area contributed by atoms with E-state index in [4.69, 9.17) is 0 Å². The van der Waals surface area contributed by atoms with Gasteiger partial charge in [-0.05, 0) is 42.5 Å². The highest BCUT2D eigenvalue weighted by Crippen LogP contribution is 2.69. The molecule has 5 heteroatoms. The second kappa shape index (κ2) is 4.51. The SMILES string of the molecule is CC1(C)[C@@]2(C(=O)Nc3ccc(Br)cc3)CC[C@@]1(C)C(=O)C2=O. The highest BCUT2D eigenvalue weighted by Gasteiger charge is 2.77. The molecule has 3 rings (SSSR count). The van der Waals surface area contributed by atoms with Gasteiger partial charge >= 0.3 is 0 Å². The van der Waals surface area contributed by atoms with Crippen LogP contribution < -0.4 is 5.32 Å². The predicted octanol–water partition coefficient (Wildman–Crippen LogP) is 3.35. The molecule has 0 saturated heterocycles. The largest absolute Gasteiger partial charge is 0.325 e. The Hall–Kier alpha value is -1.49. The van der Waals surface area contributed by atoms with Crippen LogP contribution in [-0.2, 0) is 14.4 Å². The maximum Gasteiger partial charge on any atom is 0.239 e. The Bertz CT molecular complexity index is 694. The minimum absolute atomic E-state index is 0.362. The normalized spacial score (nSPS) is 32.4. The fourth-order valence-electron chi connectivity index (χ4n) is 4.04. The van der Waals surface area contributed by atoms with Crippen molar-refractivity contribution in [2.45, 2.75) is 33.6 Å². The fourth-order valence-corrected chi connectivity index (χ4v) is 4.31. The Balaban J connectivity index is 1.99. The van der Waals surface area contributed by atoms with E-state index in [0.717, 1.165) is 4.47 Å². The monoisotopic (exact) mass is 363 g/mol. The molecule has 2 aliphatic carbocycles. The molecule has 116 valence electrons. The van der Waals surface area contributed by atoms with Gasteiger partial charge in [0, 0.05) is 15.6 Å². The van der Waals surface area contributed by atoms with Crippen molar-refractivity contribution in [3.8, 4) is 0 Å². The first-order chi connectivity index (χ1) is 10.2. The zero-order valence-corrected chi connectivity index (χ0v) is 14.4. The minimum Gasteiger partial charge on any atom is -0.325 e. The first-order valence-electron chi connectivity index (χ1n) is 7.33. The van der Waals surface area contributed by atoms with Gasteiger partial charge in [0.2, 0.25) is 17.5 Å². The minimum atomic E-state index is -1.24. The van der Waals surface area contributed by atoms with Crippen LogP contribution in [0.15, 0.2) is 28.7 Å². The summed E-state index contributed by atoms with van der Waals surface area (Å²) >= 11 is 3.34. The predicted molar refractivity (Wildman–Crippen MR) is 86.3 cm³/mol. The van der Waals surface area contributed by atoms with Crippen molar-refractivity contribution in [2.75, 3.05) is 5.32 Å². The molecular formula is C17H18BrNO3. The van der Waals surface area contributed by atoms with E-state index in [-0.39, 0.29) is 5.91 Å². The van der Waals surface area contributed by atoms with Crippen molar-refractivity contribution in [1.82, 2.24) is 0 Å². The Morgan fingerprint density at radius 1 is 1.05 bits per heavy atom. The maximum absolute atomic E-state index is 12.9. The van der Waals surface area contributed by atoms with E-state index in [1.807, 2.05) is 32.9 Å². The van der Waals surface area contributed by atoms with Crippen LogP contribution in [0.4, 0.5) is 5.69 Å². The second-order valence-electron chi connectivity index (χ2n) is 6.98. The summed E-state index contributed by atoms with van der Waals surface area (Å²) in [5.41, 5.74) is -2.03. The van der Waals surface area contributed by atoms with Crippen molar-refractivity contribution in [3.05, 3.63) is 28.7 Å². The van der Waals surface area contributed by atoms with Gasteiger partial charge in [0.25, 0.3) is 0 Å². The van der Waals surface area contributed by atoms with Gasteiger partial charge < -0.3 is 5.32 Å². The molecule has 2 saturated carbocycles. The van der Waals surface area contributed by atoms with Crippen LogP contribution in [0.1, 0.15) is 33.6 Å². The summed E-state index contributed by atoms with van der Waals surface area (Å²) in [6.07, 6.45) is 1.02. The smallest absolute Gasteiger partial charge is 0.239 e. The van der Waals surface area contributed by atoms with Crippen LogP contribution in [0.2, 0.25) is 0 Å². The molecule has 0 aliphatic heterocycles. The highest BCUT2D eigenvalue weighted by atomic mass is 79.9. The van der Waals surface area contributed by atoms with Crippen molar-refractivity contribution >= 4 is 39.1 Å². The van der Waals surface area contributed by atoms with Crippen molar-refractivity contribution in [2.24, 2.45) is 16.2 Å². The topological polar surface area (TPSA) is 63.2 Å². The molecule has 2 atom stereocenters. The molecule has 0 radical (unpaired) electrons. The molecule has 2 fully saturated rings. The van der Waals surface area contributed by atoms with Crippen LogP contribution in [0.5, 0.6) is 0 Å². The van der Waals surface area contributed by atoms with Gasteiger partial charge in [-0.3, -0.25) is 14.4 Å². The van der Waals surface area contributed by atoms with E-state index in [9.17, 15) is 14.4 Å². The number of halogens is 1. The van der Waals surface area contributed by atoms with Gasteiger partial charge in [-0.15, -0.1) is 0 Å². The summed E-state index contributed by atoms with van der Waals surface area (Å²) in [5, 5.41) is 2.82. The van der Waals surface area contributed by atoms with E-state index in [0.29, 0.717) is 18.5 Å². The van der Waals surface area contributed by atoms with Crippen LogP contribution in [0.3, 0.4) is 0 Å². The number of carbonyl (C=O) groups excluding carboxylic acids is 3. The molecule has 2 aliphatic rings. The van der Waals surface area contributed by atoms with Gasteiger partial charge in [-0.25, -0.2) is 0 Å². The number of fused-ring (bicyclic) bond motifs is 2. The first kappa shape index (κ1) is 15.4. The number of amides is 1. The lowest BCUT2D eigenvalue weighted by atomic mass is 9.64. The van der Waals surface area contributed by atoms with Crippen molar-refractivity contribution in [1.29, 1.82) is 0 Å². The summed E-state index contributed by atoms with van der Waals surface area (Å²) in [7, 11) is 0. The number of hydrogen-bond donors (Lipinski definition) is 1. The molecule has 0 spiro atoms. The average molecular weight is 364 g/mol. The molecule has 1 amide bonds. The third-order valence-electron chi connectivity index (χ3n) is 6.03. The number of Topliss-reactive ketones (excluding diaryl/α,β-unsaturated/α-hetero) is 2. The summed E-state index contributed by atoms with van der Waals surface area (Å²) in [5.74, 6) is -1.28. The number of rotatable bonds is 2. The number of anilines is 1. The molecule has 0 unspecified atom stereocenters. The molecule has 0 heterocycles. The van der Waals surface area contributed by atoms with Crippen LogP contribution in [0.25, 0.3) is 0 Å². The van der Waals surface area contributed by atoms with E-state index >= 15 is 0 Å². The summed E-state index contributed by atoms with van der Waals surface area (Å²) < 4.78 is 0.907. The summed E-state index contributed by atoms with van der Waals surface area (Å²) in [6.45, 7) is 5.54. The summed E-state index contributed by atoms with van der Waals surface area (Å²) in [4.78, 5) is 37.8. The molecule has 1 aromatic rings. The lowest BCUT2D eigenvalue weighted by molar-refractivity contribution is -0.147. The van der Waals surface area contributed by atoms with Gasteiger partial charge in [-0.1, -0.05) is 36.7 Å². The Kier molecular flexibility index (Phi) is 3.16. The van der Waals surface area contributed by atoms with E-state index in [1.54, 1.807) is 12.1 Å². The number of nitrogens with one attached hydrogen (secondary N) is 1. The van der Waals surface area contributed by atoms with E-state index in [2.05, 4.69) is 21.2 Å². The first-order valence-corrected chi connectivity index (χ1v) is 8.12. The lowest BCUT2D eigenvalue weighted by Crippen LogP contribution is -2.47. The van der Waals surface area contributed by atoms with Crippen molar-refractivity contribution < 1.29 is 14.4 Å². The number of benzene rings is 1. The lowest BCUT2D eigenvalue weighted by Gasteiger charge is -2.37. The number of ketones is 2. The van der Waals surface area contributed by atoms with Crippen molar-refractivity contribution in [3.63, 3.8) is 0 Å². The fraction of sp³-hybridized carbons (Fsp3) is 0.471. The maximum atomic E-state index is 12.9. The van der Waals surface area contributed by atoms with Gasteiger partial charge in [0.15, 0.2) is 0 Å². The Morgan fingerprint density at radius 2 is 1.64 bits per heavy atom. The second-order valence-corrected chi connectivity index (χ2v) is 7.90. The third-order valence-corrected chi connectivity index (χ3v) is 6.56. The molecule has 2 bridgehead atoms. The quantitative estimate of drug-likeness (QED) is 0.647. The molecule has 0 aromatic heterocycles. The van der Waals surface area contributed by atoms with E-state index in [1.165, 1.54) is 0 Å². The van der Waals surface area contributed by atoms with E-state index < -0.39 is 27.8 Å². The van der Waals surface area contributed by atoms with Crippen LogP contribution in [-0.4, -0.2) is 17.5 Å². The molecule has 4 nitrogen and oxygen atoms in total. The Labute approximate surface area is 137 Å². The van der Waals surface area contributed by atoms with Crippen LogP contribution in [0, 0.1) is 16.2 Å². The average Bonchev–Trinajstić information content (AvgIpc) is 2.74. The zero-order chi connectivity index (χ0) is 16.3. The molecule has 1 N–H and O–H groups in total. The van der Waals surface area contributed by atoms with Gasteiger partial charge in [-0.2, -0.15) is 0 Å². The molecular weight excluding hydrogens is 346 g/mol. The Morgan fingerprint density at radius 3 is 2.14 bits per heavy atom. The van der Waals surface area contributed by atoms with Crippen LogP contribution >= 0.6 is 15.9 Å². The van der Waals surface area contributed by atoms with Gasteiger partial charge in [0.1, 0.15) is 5.41 Å². The zero-order valence-electron chi connectivity index (χ0n) is 12.8. The molecule has 22 heavy (non-hydrogen) atoms. The van der Waals surface area contributed by atoms with Gasteiger partial charge in [0.05, 0.1) is 0 Å². The highest BCUT2D eigenvalue weighted by molar-refractivity contribution is 9.10. The standard InChI is InChI=1S/C17H18BrNO3/c1-15(2)16(3)8-9-17(15,13(21)12(16)20)14(22)19-11-6-4-10(18)5-7-11/h4-7H,8-9H2,1-3H3,(H,19,22)/t16-,17-/m0/s1. The molecule has 1 aromatic carbocycles. The number of hydrogen-bond acceptors (Lipinski definition) is 3. The summed E-state index contributed by atoms with van der Waals surface area (Å²) in [6, 6.07) is 7.17. The third kappa shape index (κ3) is 1.60.